The molecule has 2 aromatic carbocycles. The lowest BCUT2D eigenvalue weighted by molar-refractivity contribution is -0.147. The highest BCUT2D eigenvalue weighted by molar-refractivity contribution is 7.13. The number of thiazole rings is 1. The maximum Gasteiger partial charge on any atom is 0.453 e. The first-order valence-electron chi connectivity index (χ1n) is 19.8. The van der Waals surface area contributed by atoms with Crippen molar-refractivity contribution < 1.29 is 22.8 Å². The lowest BCUT2D eigenvalue weighted by atomic mass is 9.88. The van der Waals surface area contributed by atoms with Crippen LogP contribution in [0.1, 0.15) is 97.4 Å². The Morgan fingerprint density at radius 2 is 1.67 bits per heavy atom. The third-order valence-electron chi connectivity index (χ3n) is 12.0. The number of likely N-dealkylation sites (tertiary alicyclic amines) is 3. The minimum atomic E-state index is -4.60. The maximum atomic E-state index is 13.8. The maximum absolute atomic E-state index is 13.8. The summed E-state index contributed by atoms with van der Waals surface area (Å²) in [5.41, 5.74) is 12.9. The molecule has 8 rings (SSSR count). The molecular weight excluding hydrogens is 752 g/mol. The molecule has 2 atom stereocenters. The molecule has 11 nitrogen and oxygen atoms in total. The Labute approximate surface area is 334 Å². The Balaban J connectivity index is 0.841. The fraction of sp³-hybridized carbons (Fsp3) is 0.476. The van der Waals surface area contributed by atoms with E-state index in [2.05, 4.69) is 90.5 Å². The van der Waals surface area contributed by atoms with Crippen molar-refractivity contribution in [1.29, 1.82) is 0 Å². The molecule has 0 bridgehead atoms. The van der Waals surface area contributed by atoms with Crippen LogP contribution < -0.4 is 5.73 Å². The molecule has 15 heteroatoms. The molecular formula is C42H46F3N9O2S. The van der Waals surface area contributed by atoms with Gasteiger partial charge in [0, 0.05) is 63.0 Å². The normalized spacial score (nSPS) is 20.1. The number of primary amides is 1. The molecule has 3 fully saturated rings. The largest absolute Gasteiger partial charge is 0.453 e. The molecule has 1 unspecified atom stereocenters. The van der Waals surface area contributed by atoms with Gasteiger partial charge < -0.3 is 15.5 Å². The Morgan fingerprint density at radius 1 is 0.930 bits per heavy atom. The van der Waals surface area contributed by atoms with Crippen LogP contribution in [0.5, 0.6) is 0 Å². The summed E-state index contributed by atoms with van der Waals surface area (Å²) < 4.78 is 41.0. The van der Waals surface area contributed by atoms with E-state index in [1.54, 1.807) is 11.3 Å². The number of carbonyl (C=O) groups excluding carboxylic acids is 2. The van der Waals surface area contributed by atoms with Crippen molar-refractivity contribution in [2.24, 2.45) is 16.8 Å². The Kier molecular flexibility index (Phi) is 11.2. The van der Waals surface area contributed by atoms with Gasteiger partial charge in [-0.3, -0.25) is 14.5 Å². The Morgan fingerprint density at radius 3 is 2.33 bits per heavy atom. The molecule has 4 aliphatic rings. The monoisotopic (exact) mass is 797 g/mol. The highest BCUT2D eigenvalue weighted by Gasteiger charge is 2.40. The molecule has 2 N–H and O–H groups in total. The van der Waals surface area contributed by atoms with E-state index in [0.29, 0.717) is 44.1 Å². The van der Waals surface area contributed by atoms with Gasteiger partial charge in [0.15, 0.2) is 5.82 Å². The van der Waals surface area contributed by atoms with Crippen molar-refractivity contribution in [3.05, 3.63) is 88.1 Å². The number of hydrogen-bond donors (Lipinski definition) is 1. The van der Waals surface area contributed by atoms with Gasteiger partial charge in [0.25, 0.3) is 5.82 Å². The summed E-state index contributed by atoms with van der Waals surface area (Å²) in [6, 6.07) is 16.1. The average Bonchev–Trinajstić information content (AvgIpc) is 4.00. The lowest BCUT2D eigenvalue weighted by Gasteiger charge is -2.35. The fourth-order valence-corrected chi connectivity index (χ4v) is 9.56. The number of amides is 2. The number of halogens is 3. The molecule has 6 heterocycles. The fourth-order valence-electron chi connectivity index (χ4n) is 8.75. The van der Waals surface area contributed by atoms with E-state index < -0.39 is 12.0 Å². The predicted octanol–water partition coefficient (Wildman–Crippen LogP) is 6.39. The van der Waals surface area contributed by atoms with Gasteiger partial charge in [-0.1, -0.05) is 48.2 Å². The summed E-state index contributed by atoms with van der Waals surface area (Å²) in [4.78, 5) is 37.9. The molecule has 3 saturated heterocycles. The molecule has 4 aliphatic heterocycles. The van der Waals surface area contributed by atoms with Crippen LogP contribution in [0.2, 0.25) is 0 Å². The van der Waals surface area contributed by atoms with Crippen LogP contribution in [-0.4, -0.2) is 91.0 Å². The first-order chi connectivity index (χ1) is 27.5. The minimum Gasteiger partial charge on any atom is -0.368 e. The highest BCUT2D eigenvalue weighted by atomic mass is 32.1. The quantitative estimate of drug-likeness (QED) is 0.215. The second-order valence-corrected chi connectivity index (χ2v) is 16.3. The van der Waals surface area contributed by atoms with Crippen molar-refractivity contribution in [3.8, 4) is 22.3 Å². The number of amidine groups is 1. The number of fused-ring (bicyclic) bond motifs is 1. The van der Waals surface area contributed by atoms with Gasteiger partial charge in [-0.05, 0) is 86.7 Å². The third-order valence-corrected chi connectivity index (χ3v) is 12.9. The van der Waals surface area contributed by atoms with Crippen LogP contribution in [0.4, 0.5) is 13.2 Å². The number of piperidine rings is 2. The van der Waals surface area contributed by atoms with Crippen molar-refractivity contribution in [1.82, 2.24) is 34.6 Å². The summed E-state index contributed by atoms with van der Waals surface area (Å²) in [6.07, 6.45) is 1.55. The summed E-state index contributed by atoms with van der Waals surface area (Å²) in [6.45, 7) is 5.44. The molecule has 0 spiro atoms. The van der Waals surface area contributed by atoms with Crippen LogP contribution in [0.15, 0.2) is 59.1 Å². The number of benzene rings is 2. The van der Waals surface area contributed by atoms with Crippen LogP contribution in [0.3, 0.4) is 0 Å². The number of aryl methyl sites for hydroxylation is 2. The first kappa shape index (κ1) is 38.8. The molecule has 4 aromatic rings. The Hall–Kier alpha value is -5.07. The predicted molar refractivity (Wildman–Crippen MR) is 211 cm³/mol. The first-order valence-corrected chi connectivity index (χ1v) is 20.7. The average molecular weight is 798 g/mol. The number of carbonyl (C=O) groups is 2. The molecule has 57 heavy (non-hydrogen) atoms. The third kappa shape index (κ3) is 8.48. The smallest absolute Gasteiger partial charge is 0.368 e. The van der Waals surface area contributed by atoms with Crippen LogP contribution >= 0.6 is 11.3 Å². The number of nitrogens with zero attached hydrogens (tertiary/aromatic N) is 8. The highest BCUT2D eigenvalue weighted by Crippen LogP contribution is 2.36. The second kappa shape index (κ2) is 16.4. The zero-order valence-electron chi connectivity index (χ0n) is 31.9. The van der Waals surface area contributed by atoms with Crippen molar-refractivity contribution in [2.75, 3.05) is 32.7 Å². The van der Waals surface area contributed by atoms with Crippen LogP contribution in [-0.2, 0) is 22.2 Å². The number of nitrogens with two attached hydrogens (primary N) is 1. The minimum absolute atomic E-state index is 0.0808. The zero-order chi connectivity index (χ0) is 39.7. The van der Waals surface area contributed by atoms with E-state index in [-0.39, 0.29) is 42.1 Å². The number of aromatic nitrogens is 4. The van der Waals surface area contributed by atoms with Crippen LogP contribution in [0, 0.1) is 24.7 Å². The number of alkyl halides is 3. The van der Waals surface area contributed by atoms with E-state index in [0.717, 1.165) is 83.7 Å². The molecule has 298 valence electrons. The van der Waals surface area contributed by atoms with Gasteiger partial charge >= 0.3 is 6.18 Å². The summed E-state index contributed by atoms with van der Waals surface area (Å²) >= 11 is 1.61. The summed E-state index contributed by atoms with van der Waals surface area (Å²) in [7, 11) is 0. The van der Waals surface area contributed by atoms with Gasteiger partial charge in [0.1, 0.15) is 5.84 Å². The van der Waals surface area contributed by atoms with Gasteiger partial charge in [-0.15, -0.1) is 21.5 Å². The topological polar surface area (TPSA) is 126 Å². The van der Waals surface area contributed by atoms with Gasteiger partial charge in [0.2, 0.25) is 11.8 Å². The van der Waals surface area contributed by atoms with E-state index in [9.17, 15) is 22.8 Å². The van der Waals surface area contributed by atoms with Crippen molar-refractivity contribution in [3.63, 3.8) is 0 Å². The molecule has 2 amide bonds. The number of hydrogen-bond acceptors (Lipinski definition) is 9. The van der Waals surface area contributed by atoms with Gasteiger partial charge in [0.05, 0.1) is 22.1 Å². The van der Waals surface area contributed by atoms with E-state index in [1.807, 2.05) is 17.3 Å². The number of rotatable bonds is 7. The molecule has 2 aromatic heterocycles. The summed E-state index contributed by atoms with van der Waals surface area (Å²) in [5.74, 6) is 6.92. The Bertz CT molecular complexity index is 2170. The van der Waals surface area contributed by atoms with Gasteiger partial charge in [-0.25, -0.2) is 4.98 Å². The molecule has 0 radical (unpaired) electrons. The second-order valence-electron chi connectivity index (χ2n) is 15.5. The molecule has 0 saturated carbocycles. The standard InChI is InChI=1S/C42H46F3N9O2S/c1-27-39(57-26-47-27)33-12-10-32(11-13-33)35(53-20-2-3-34(53)40(46)56)25-38(55)52-21-16-29(17-22-52)5-4-28-6-8-30(9-7-28)31-18-23-51(24-19-31)37-15-14-36-48-49-41(42(43,44)45)54(36)50-37/h6-13,26,29,31,34-35H,2-3,14-25H2,1H3,(H2,46,56)/t34?,35-/m0/s1. The van der Waals surface area contributed by atoms with Crippen molar-refractivity contribution in [2.45, 2.75) is 88.9 Å². The lowest BCUT2D eigenvalue weighted by Crippen LogP contribution is -2.45. The van der Waals surface area contributed by atoms with E-state index in [4.69, 9.17) is 5.73 Å². The van der Waals surface area contributed by atoms with Crippen LogP contribution in [0.25, 0.3) is 10.4 Å². The molecule has 0 aliphatic carbocycles. The summed E-state index contributed by atoms with van der Waals surface area (Å²) in [5, 5.41) is 11.3. The SMILES string of the molecule is Cc1ncsc1-c1ccc([C@H](CC(=O)N2CCC(C#Cc3ccc(C4CCN(C5=Nn6c(nnc6C(F)(F)F)CC5)CC4)cc3)CC2)N2CCCC2C(N)=O)cc1. The van der Waals surface area contributed by atoms with Crippen molar-refractivity contribution >= 4 is 29.0 Å². The zero-order valence-corrected chi connectivity index (χ0v) is 32.7. The van der Waals surface area contributed by atoms with Gasteiger partial charge in [-0.2, -0.15) is 22.9 Å². The van der Waals surface area contributed by atoms with E-state index in [1.165, 1.54) is 5.56 Å². The van der Waals surface area contributed by atoms with E-state index >= 15 is 0 Å².